The lowest BCUT2D eigenvalue weighted by molar-refractivity contribution is -0.0499. The van der Waals surface area contributed by atoms with E-state index in [-0.39, 0.29) is 23.8 Å². The van der Waals surface area contributed by atoms with Crippen molar-refractivity contribution in [2.45, 2.75) is 39.8 Å². The van der Waals surface area contributed by atoms with Gasteiger partial charge in [-0.3, -0.25) is 0 Å². The minimum absolute atomic E-state index is 0.00588. The van der Waals surface area contributed by atoms with Crippen molar-refractivity contribution in [1.82, 2.24) is 5.32 Å². The van der Waals surface area contributed by atoms with Gasteiger partial charge in [0.1, 0.15) is 5.75 Å². The molecular formula is C15H23F2NO2. The van der Waals surface area contributed by atoms with E-state index in [4.69, 9.17) is 0 Å². The molecule has 114 valence electrons. The van der Waals surface area contributed by atoms with Gasteiger partial charge in [0.15, 0.2) is 0 Å². The van der Waals surface area contributed by atoms with E-state index in [2.05, 4.69) is 10.1 Å². The largest absolute Gasteiger partial charge is 0.435 e. The summed E-state index contributed by atoms with van der Waals surface area (Å²) in [5, 5.41) is 12.7. The molecule has 0 saturated carbocycles. The van der Waals surface area contributed by atoms with Gasteiger partial charge in [-0.05, 0) is 31.0 Å². The monoisotopic (exact) mass is 287 g/mol. The Morgan fingerprint density at radius 1 is 1.40 bits per heavy atom. The molecule has 2 atom stereocenters. The molecule has 0 fully saturated rings. The van der Waals surface area contributed by atoms with Gasteiger partial charge in [-0.25, -0.2) is 0 Å². The lowest BCUT2D eigenvalue weighted by Crippen LogP contribution is -2.35. The maximum Gasteiger partial charge on any atom is 0.387 e. The van der Waals surface area contributed by atoms with Crippen LogP contribution in [0, 0.1) is 5.41 Å². The molecule has 0 aromatic heterocycles. The molecule has 1 aromatic rings. The lowest BCUT2D eigenvalue weighted by atomic mass is 9.88. The van der Waals surface area contributed by atoms with Gasteiger partial charge >= 0.3 is 6.61 Å². The number of halogens is 2. The number of nitrogens with one attached hydrogen (secondary N) is 1. The summed E-state index contributed by atoms with van der Waals surface area (Å²) in [6, 6.07) is 6.65. The molecule has 0 aliphatic rings. The highest BCUT2D eigenvalue weighted by atomic mass is 19.3. The molecule has 0 aliphatic carbocycles. The molecule has 2 N–H and O–H groups in total. The number of rotatable bonds is 8. The van der Waals surface area contributed by atoms with Crippen LogP contribution in [0.15, 0.2) is 24.3 Å². The fraction of sp³-hybridized carbons (Fsp3) is 0.600. The van der Waals surface area contributed by atoms with Crippen LogP contribution in [0.1, 0.15) is 38.8 Å². The number of ether oxygens (including phenoxy) is 1. The van der Waals surface area contributed by atoms with Crippen LogP contribution in [0.3, 0.4) is 0 Å². The van der Waals surface area contributed by atoms with Crippen LogP contribution in [0.25, 0.3) is 0 Å². The first-order chi connectivity index (χ1) is 9.40. The lowest BCUT2D eigenvalue weighted by Gasteiger charge is -2.28. The van der Waals surface area contributed by atoms with Gasteiger partial charge in [0.2, 0.25) is 0 Å². The Labute approximate surface area is 119 Å². The van der Waals surface area contributed by atoms with Crippen molar-refractivity contribution in [2.24, 2.45) is 5.41 Å². The maximum absolute atomic E-state index is 12.2. The Hall–Kier alpha value is -1.20. The number of aliphatic hydroxyl groups excluding tert-OH is 1. The van der Waals surface area contributed by atoms with E-state index >= 15 is 0 Å². The van der Waals surface area contributed by atoms with Gasteiger partial charge in [0.25, 0.3) is 0 Å². The molecule has 20 heavy (non-hydrogen) atoms. The van der Waals surface area contributed by atoms with Gasteiger partial charge < -0.3 is 15.2 Å². The molecule has 0 aliphatic heterocycles. The Morgan fingerprint density at radius 2 is 2.10 bits per heavy atom. The quantitative estimate of drug-likeness (QED) is 0.770. The van der Waals surface area contributed by atoms with E-state index in [1.807, 2.05) is 26.8 Å². The number of alkyl halides is 2. The zero-order valence-electron chi connectivity index (χ0n) is 12.2. The third-order valence-corrected chi connectivity index (χ3v) is 3.65. The molecule has 0 spiro atoms. The average Bonchev–Trinajstić information content (AvgIpc) is 2.44. The molecule has 2 unspecified atom stereocenters. The minimum atomic E-state index is -2.81. The third-order valence-electron chi connectivity index (χ3n) is 3.65. The van der Waals surface area contributed by atoms with Crippen molar-refractivity contribution < 1.29 is 18.6 Å². The van der Waals surface area contributed by atoms with Gasteiger partial charge in [-0.2, -0.15) is 8.78 Å². The summed E-state index contributed by atoms with van der Waals surface area (Å²) in [5.74, 6) is 0.159. The van der Waals surface area contributed by atoms with E-state index in [0.29, 0.717) is 6.54 Å². The molecule has 0 bridgehead atoms. The topological polar surface area (TPSA) is 41.5 Å². The summed E-state index contributed by atoms with van der Waals surface area (Å²) < 4.78 is 28.8. The fourth-order valence-electron chi connectivity index (χ4n) is 1.77. The second-order valence-electron chi connectivity index (χ2n) is 5.38. The van der Waals surface area contributed by atoms with E-state index in [1.54, 1.807) is 12.1 Å². The van der Waals surface area contributed by atoms with E-state index in [9.17, 15) is 13.9 Å². The molecule has 0 radical (unpaired) electrons. The molecular weight excluding hydrogens is 264 g/mol. The fourth-order valence-corrected chi connectivity index (χ4v) is 1.77. The summed E-state index contributed by atoms with van der Waals surface area (Å²) in [5.41, 5.74) is 0.699. The van der Waals surface area contributed by atoms with Crippen LogP contribution in [0.2, 0.25) is 0 Å². The van der Waals surface area contributed by atoms with E-state index in [1.165, 1.54) is 6.07 Å². The molecule has 5 heteroatoms. The molecule has 3 nitrogen and oxygen atoms in total. The van der Waals surface area contributed by atoms with Crippen LogP contribution < -0.4 is 10.1 Å². The van der Waals surface area contributed by atoms with Gasteiger partial charge in [-0.15, -0.1) is 0 Å². The first kappa shape index (κ1) is 16.9. The van der Waals surface area contributed by atoms with Gasteiger partial charge in [-0.1, -0.05) is 26.0 Å². The smallest absolute Gasteiger partial charge is 0.387 e. The summed E-state index contributed by atoms with van der Waals surface area (Å²) in [7, 11) is 0. The first-order valence-corrected chi connectivity index (χ1v) is 6.79. The van der Waals surface area contributed by atoms with Gasteiger partial charge in [0.05, 0.1) is 0 Å². The van der Waals surface area contributed by atoms with Crippen molar-refractivity contribution in [1.29, 1.82) is 0 Å². The van der Waals surface area contributed by atoms with Gasteiger partial charge in [0, 0.05) is 24.6 Å². The van der Waals surface area contributed by atoms with E-state index < -0.39 is 6.61 Å². The van der Waals surface area contributed by atoms with Crippen LogP contribution in [0.5, 0.6) is 5.75 Å². The van der Waals surface area contributed by atoms with Crippen molar-refractivity contribution in [3.63, 3.8) is 0 Å². The summed E-state index contributed by atoms with van der Waals surface area (Å²) >= 11 is 0. The van der Waals surface area contributed by atoms with Crippen LogP contribution in [0.4, 0.5) is 8.78 Å². The summed E-state index contributed by atoms with van der Waals surface area (Å²) in [6.45, 7) is 3.93. The maximum atomic E-state index is 12.2. The van der Waals surface area contributed by atoms with Crippen LogP contribution >= 0.6 is 0 Å². The zero-order valence-corrected chi connectivity index (χ0v) is 12.2. The highest BCUT2D eigenvalue weighted by Gasteiger charge is 2.21. The highest BCUT2D eigenvalue weighted by molar-refractivity contribution is 5.30. The Kier molecular flexibility index (Phi) is 6.36. The Bertz CT molecular complexity index is 409. The van der Waals surface area contributed by atoms with Crippen molar-refractivity contribution in [3.05, 3.63) is 29.8 Å². The predicted molar refractivity (Wildman–Crippen MR) is 75.0 cm³/mol. The minimum Gasteiger partial charge on any atom is -0.435 e. The molecule has 0 saturated heterocycles. The Morgan fingerprint density at radius 3 is 2.65 bits per heavy atom. The molecule has 0 heterocycles. The zero-order chi connectivity index (χ0) is 15.2. The molecule has 1 aromatic carbocycles. The summed E-state index contributed by atoms with van der Waals surface area (Å²) in [6.07, 6.45) is 0.859. The van der Waals surface area contributed by atoms with Crippen LogP contribution in [-0.4, -0.2) is 24.9 Å². The number of hydrogen-bond acceptors (Lipinski definition) is 3. The predicted octanol–water partition coefficient (Wildman–Crippen LogP) is 3.35. The first-order valence-electron chi connectivity index (χ1n) is 6.79. The normalized spacial score (nSPS) is 15.9. The summed E-state index contributed by atoms with van der Waals surface area (Å²) in [4.78, 5) is 0. The second-order valence-corrected chi connectivity index (χ2v) is 5.38. The standard InChI is InChI=1S/C15H23F2NO2/c1-4-15(3,10-19)9-18-11(2)12-6-5-7-13(8-12)20-14(16)17/h5-8,11,14,18-19H,4,9-10H2,1-3H3. The molecule has 1 rings (SSSR count). The number of aliphatic hydroxyl groups is 1. The van der Waals surface area contributed by atoms with E-state index in [0.717, 1.165) is 12.0 Å². The number of hydrogen-bond donors (Lipinski definition) is 2. The van der Waals surface area contributed by atoms with Crippen molar-refractivity contribution >= 4 is 0 Å². The van der Waals surface area contributed by atoms with Crippen molar-refractivity contribution in [2.75, 3.05) is 13.2 Å². The third kappa shape index (κ3) is 5.06. The Balaban J connectivity index is 2.65. The highest BCUT2D eigenvalue weighted by Crippen LogP contribution is 2.23. The SMILES string of the molecule is CCC(C)(CO)CNC(C)c1cccc(OC(F)F)c1. The van der Waals surface area contributed by atoms with Crippen LogP contribution in [-0.2, 0) is 0 Å². The van der Waals surface area contributed by atoms with Crippen molar-refractivity contribution in [3.8, 4) is 5.75 Å². The number of benzene rings is 1. The second kappa shape index (κ2) is 7.55. The molecule has 0 amide bonds. The average molecular weight is 287 g/mol.